The lowest BCUT2D eigenvalue weighted by Gasteiger charge is -2.07. The molecule has 0 unspecified atom stereocenters. The van der Waals surface area contributed by atoms with Gasteiger partial charge in [0.15, 0.2) is 5.76 Å². The van der Waals surface area contributed by atoms with Gasteiger partial charge < -0.3 is 19.0 Å². The molecule has 6 heteroatoms. The number of carbonyl (C=O) groups excluding carboxylic acids is 1. The topological polar surface area (TPSA) is 77.5 Å². The van der Waals surface area contributed by atoms with Crippen LogP contribution in [0.4, 0.5) is 0 Å². The van der Waals surface area contributed by atoms with Crippen LogP contribution in [0, 0.1) is 0 Å². The molecule has 4 rings (SSSR count). The number of furan rings is 1. The Hall–Kier alpha value is -3.54. The van der Waals surface area contributed by atoms with Crippen molar-refractivity contribution in [2.24, 2.45) is 0 Å². The summed E-state index contributed by atoms with van der Waals surface area (Å²) >= 11 is 0. The van der Waals surface area contributed by atoms with Gasteiger partial charge in [-0.1, -0.05) is 35.5 Å². The normalized spacial score (nSPS) is 10.8. The van der Waals surface area contributed by atoms with Crippen molar-refractivity contribution in [1.82, 2.24) is 10.5 Å². The van der Waals surface area contributed by atoms with E-state index in [-0.39, 0.29) is 12.5 Å². The molecule has 0 radical (unpaired) electrons. The zero-order valence-electron chi connectivity index (χ0n) is 14.1. The van der Waals surface area contributed by atoms with Crippen LogP contribution in [0.5, 0.6) is 5.75 Å². The summed E-state index contributed by atoms with van der Waals surface area (Å²) < 4.78 is 16.3. The second-order valence-electron chi connectivity index (χ2n) is 5.71. The number of hydrogen-bond acceptors (Lipinski definition) is 5. The molecular formula is C20H16N2O4. The van der Waals surface area contributed by atoms with Crippen LogP contribution >= 0.6 is 0 Å². The molecule has 1 amide bonds. The minimum absolute atomic E-state index is 0.237. The van der Waals surface area contributed by atoms with Gasteiger partial charge in [-0.3, -0.25) is 4.79 Å². The highest BCUT2D eigenvalue weighted by molar-refractivity contribution is 5.96. The fraction of sp³-hybridized carbons (Fsp3) is 0.100. The molecule has 2 aromatic carbocycles. The molecule has 0 saturated carbocycles. The molecular weight excluding hydrogens is 332 g/mol. The zero-order chi connectivity index (χ0) is 17.9. The van der Waals surface area contributed by atoms with E-state index in [1.807, 2.05) is 36.4 Å². The molecule has 0 spiro atoms. The van der Waals surface area contributed by atoms with Crippen molar-refractivity contribution in [2.75, 3.05) is 7.11 Å². The van der Waals surface area contributed by atoms with Crippen molar-refractivity contribution in [3.05, 3.63) is 71.9 Å². The molecule has 2 aromatic heterocycles. The number of benzene rings is 2. The molecule has 1 N–H and O–H groups in total. The van der Waals surface area contributed by atoms with Crippen LogP contribution in [0.25, 0.3) is 22.5 Å². The third kappa shape index (κ3) is 3.04. The standard InChI is InChI=1S/C20H16N2O4/c1-24-17-9-5-3-7-15(17)20(23)21-12-14-11-19(26-22-14)18-10-13-6-2-4-8-16(13)25-18/h2-11H,12H2,1H3,(H,21,23). The number of methoxy groups -OCH3 is 1. The van der Waals surface area contributed by atoms with Gasteiger partial charge in [-0.15, -0.1) is 0 Å². The minimum atomic E-state index is -0.240. The molecule has 0 aliphatic carbocycles. The average molecular weight is 348 g/mol. The van der Waals surface area contributed by atoms with Gasteiger partial charge in [0, 0.05) is 11.5 Å². The molecule has 6 nitrogen and oxygen atoms in total. The van der Waals surface area contributed by atoms with Crippen LogP contribution in [0.15, 0.2) is 69.6 Å². The van der Waals surface area contributed by atoms with Crippen LogP contribution < -0.4 is 10.1 Å². The van der Waals surface area contributed by atoms with E-state index >= 15 is 0 Å². The summed E-state index contributed by atoms with van der Waals surface area (Å²) in [5, 5.41) is 7.79. The number of ether oxygens (including phenoxy) is 1. The molecule has 130 valence electrons. The predicted molar refractivity (Wildman–Crippen MR) is 95.9 cm³/mol. The molecule has 0 atom stereocenters. The number of para-hydroxylation sites is 2. The third-order valence-electron chi connectivity index (χ3n) is 4.01. The van der Waals surface area contributed by atoms with Crippen LogP contribution in [0.1, 0.15) is 16.1 Å². The summed E-state index contributed by atoms with van der Waals surface area (Å²) in [5.74, 6) is 1.40. The molecule has 2 heterocycles. The van der Waals surface area contributed by atoms with Crippen molar-refractivity contribution in [2.45, 2.75) is 6.54 Å². The van der Waals surface area contributed by atoms with Gasteiger partial charge >= 0.3 is 0 Å². The maximum atomic E-state index is 12.3. The van der Waals surface area contributed by atoms with Gasteiger partial charge in [0.05, 0.1) is 19.2 Å². The number of hydrogen-bond donors (Lipinski definition) is 1. The van der Waals surface area contributed by atoms with Gasteiger partial charge in [-0.05, 0) is 24.3 Å². The van der Waals surface area contributed by atoms with Gasteiger partial charge in [0.2, 0.25) is 5.76 Å². The monoisotopic (exact) mass is 348 g/mol. The van der Waals surface area contributed by atoms with Crippen LogP contribution in [-0.4, -0.2) is 18.2 Å². The van der Waals surface area contributed by atoms with Gasteiger partial charge in [-0.2, -0.15) is 0 Å². The van der Waals surface area contributed by atoms with Gasteiger partial charge in [0.1, 0.15) is 17.0 Å². The Morgan fingerprint density at radius 3 is 2.73 bits per heavy atom. The highest BCUT2D eigenvalue weighted by Gasteiger charge is 2.14. The second kappa shape index (κ2) is 6.76. The fourth-order valence-electron chi connectivity index (χ4n) is 2.71. The number of rotatable bonds is 5. The lowest BCUT2D eigenvalue weighted by atomic mass is 10.2. The molecule has 4 aromatic rings. The first kappa shape index (κ1) is 16.0. The Bertz CT molecular complexity index is 1030. The Kier molecular flexibility index (Phi) is 4.15. The first-order valence-electron chi connectivity index (χ1n) is 8.10. The first-order chi connectivity index (χ1) is 12.7. The van der Waals surface area contributed by atoms with Crippen molar-refractivity contribution in [1.29, 1.82) is 0 Å². The summed E-state index contributed by atoms with van der Waals surface area (Å²) in [4.78, 5) is 12.3. The van der Waals surface area contributed by atoms with Gasteiger partial charge in [0.25, 0.3) is 5.91 Å². The number of amides is 1. The maximum Gasteiger partial charge on any atom is 0.255 e. The number of aromatic nitrogens is 1. The Morgan fingerprint density at radius 2 is 1.88 bits per heavy atom. The van der Waals surface area contributed by atoms with E-state index in [0.717, 1.165) is 11.0 Å². The highest BCUT2D eigenvalue weighted by atomic mass is 16.5. The molecule has 26 heavy (non-hydrogen) atoms. The Balaban J connectivity index is 1.47. The van der Waals surface area contributed by atoms with Crippen molar-refractivity contribution >= 4 is 16.9 Å². The van der Waals surface area contributed by atoms with Crippen LogP contribution in [0.2, 0.25) is 0 Å². The van der Waals surface area contributed by atoms with E-state index in [4.69, 9.17) is 13.7 Å². The Labute approximate surface area is 149 Å². The number of fused-ring (bicyclic) bond motifs is 1. The Morgan fingerprint density at radius 1 is 1.08 bits per heavy atom. The summed E-state index contributed by atoms with van der Waals surface area (Å²) in [6, 6.07) is 18.4. The van der Waals surface area contributed by atoms with E-state index in [2.05, 4.69) is 10.5 Å². The highest BCUT2D eigenvalue weighted by Crippen LogP contribution is 2.28. The molecule has 0 bridgehead atoms. The molecule has 0 aliphatic heterocycles. The molecule has 0 saturated heterocycles. The molecule has 0 aliphatic rings. The number of nitrogens with one attached hydrogen (secondary N) is 1. The maximum absolute atomic E-state index is 12.3. The number of carbonyl (C=O) groups is 1. The SMILES string of the molecule is COc1ccccc1C(=O)NCc1cc(-c2cc3ccccc3o2)on1. The second-order valence-corrected chi connectivity index (χ2v) is 5.71. The fourth-order valence-corrected chi connectivity index (χ4v) is 2.71. The summed E-state index contributed by atoms with van der Waals surface area (Å²) in [6.07, 6.45) is 0. The third-order valence-corrected chi connectivity index (χ3v) is 4.01. The van der Waals surface area contributed by atoms with Crippen molar-refractivity contribution in [3.8, 4) is 17.3 Å². The van der Waals surface area contributed by atoms with Gasteiger partial charge in [-0.25, -0.2) is 0 Å². The summed E-state index contributed by atoms with van der Waals surface area (Å²) in [6.45, 7) is 0.237. The lowest BCUT2D eigenvalue weighted by Crippen LogP contribution is -2.23. The zero-order valence-corrected chi connectivity index (χ0v) is 14.1. The van der Waals surface area contributed by atoms with Crippen LogP contribution in [-0.2, 0) is 6.54 Å². The minimum Gasteiger partial charge on any atom is -0.496 e. The summed E-state index contributed by atoms with van der Waals surface area (Å²) in [5.41, 5.74) is 1.85. The van der Waals surface area contributed by atoms with E-state index in [0.29, 0.717) is 28.5 Å². The number of nitrogens with zero attached hydrogens (tertiary/aromatic N) is 1. The summed E-state index contributed by atoms with van der Waals surface area (Å²) in [7, 11) is 1.53. The van der Waals surface area contributed by atoms with E-state index in [9.17, 15) is 4.79 Å². The lowest BCUT2D eigenvalue weighted by molar-refractivity contribution is 0.0947. The average Bonchev–Trinajstić information content (AvgIpc) is 3.32. The van der Waals surface area contributed by atoms with Crippen LogP contribution in [0.3, 0.4) is 0 Å². The predicted octanol–water partition coefficient (Wildman–Crippen LogP) is 4.03. The van der Waals surface area contributed by atoms with Crippen molar-refractivity contribution < 1.29 is 18.5 Å². The smallest absolute Gasteiger partial charge is 0.255 e. The molecule has 0 fully saturated rings. The van der Waals surface area contributed by atoms with E-state index < -0.39 is 0 Å². The first-order valence-corrected chi connectivity index (χ1v) is 8.10. The quantitative estimate of drug-likeness (QED) is 0.589. The van der Waals surface area contributed by atoms with Crippen molar-refractivity contribution in [3.63, 3.8) is 0 Å². The van der Waals surface area contributed by atoms with E-state index in [1.54, 1.807) is 24.3 Å². The largest absolute Gasteiger partial charge is 0.496 e. The van der Waals surface area contributed by atoms with E-state index in [1.165, 1.54) is 7.11 Å².